The van der Waals surface area contributed by atoms with Gasteiger partial charge in [0.1, 0.15) is 11.6 Å². The minimum atomic E-state index is 0.336. The number of phenolic OH excluding ortho intramolecular Hbond substituents is 1. The molecule has 3 rings (SSSR count). The predicted octanol–water partition coefficient (Wildman–Crippen LogP) is 3.01. The van der Waals surface area contributed by atoms with Crippen LogP contribution in [0.5, 0.6) is 5.75 Å². The maximum atomic E-state index is 9.37. The first kappa shape index (κ1) is 17.8. The molecule has 0 bridgehead atoms. The van der Waals surface area contributed by atoms with Crippen molar-refractivity contribution in [1.82, 2.24) is 15.1 Å². The van der Waals surface area contributed by atoms with Crippen LogP contribution in [0.4, 0.5) is 5.82 Å². The Balaban J connectivity index is 1.50. The topological polar surface area (TPSA) is 53.3 Å². The quantitative estimate of drug-likeness (QED) is 0.847. The molecule has 0 amide bonds. The molecule has 1 saturated heterocycles. The van der Waals surface area contributed by atoms with Crippen molar-refractivity contribution in [3.63, 3.8) is 0 Å². The van der Waals surface area contributed by atoms with Crippen LogP contribution in [-0.2, 0) is 13.5 Å². The van der Waals surface area contributed by atoms with Gasteiger partial charge >= 0.3 is 0 Å². The van der Waals surface area contributed by atoms with E-state index in [1.165, 1.54) is 24.2 Å². The summed E-state index contributed by atoms with van der Waals surface area (Å²) < 4.78 is 1.99. The van der Waals surface area contributed by atoms with Gasteiger partial charge in [-0.2, -0.15) is 5.10 Å². The Morgan fingerprint density at radius 2 is 2.08 bits per heavy atom. The van der Waals surface area contributed by atoms with Crippen LogP contribution in [0.15, 0.2) is 30.3 Å². The molecule has 2 aromatic rings. The van der Waals surface area contributed by atoms with Gasteiger partial charge in [0.15, 0.2) is 0 Å². The fraction of sp³-hybridized carbons (Fsp3) is 0.550. The SMILES string of the molecule is Cc1cc(N2CCCC(NC(C)CCc3ccc(O)cc3)C2)n(C)n1. The number of hydrogen-bond acceptors (Lipinski definition) is 4. The Morgan fingerprint density at radius 1 is 1.32 bits per heavy atom. The number of hydrogen-bond donors (Lipinski definition) is 2. The highest BCUT2D eigenvalue weighted by atomic mass is 16.3. The van der Waals surface area contributed by atoms with Crippen LogP contribution in [0.3, 0.4) is 0 Å². The standard InChI is InChI=1S/C20H30N4O/c1-15(6-7-17-8-10-19(25)11-9-17)21-18-5-4-12-24(14-18)20-13-16(2)22-23(20)3/h8-11,13,15,18,21,25H,4-7,12,14H2,1-3H3. The van der Waals surface area contributed by atoms with Crippen molar-refractivity contribution in [3.8, 4) is 5.75 Å². The van der Waals surface area contributed by atoms with E-state index in [1.807, 2.05) is 23.9 Å². The van der Waals surface area contributed by atoms with Crippen LogP contribution < -0.4 is 10.2 Å². The van der Waals surface area contributed by atoms with Gasteiger partial charge in [0.2, 0.25) is 0 Å². The Bertz CT molecular complexity index is 680. The van der Waals surface area contributed by atoms with Crippen LogP contribution in [0.1, 0.15) is 37.4 Å². The van der Waals surface area contributed by atoms with Crippen molar-refractivity contribution < 1.29 is 5.11 Å². The number of benzene rings is 1. The second-order valence-electron chi connectivity index (χ2n) is 7.33. The number of rotatable bonds is 6. The van der Waals surface area contributed by atoms with Crippen LogP contribution in [0.25, 0.3) is 0 Å². The number of phenols is 1. The summed E-state index contributed by atoms with van der Waals surface area (Å²) in [6.45, 7) is 6.48. The molecule has 2 heterocycles. The van der Waals surface area contributed by atoms with Gasteiger partial charge in [-0.25, -0.2) is 0 Å². The number of aromatic hydroxyl groups is 1. The van der Waals surface area contributed by atoms with E-state index in [0.29, 0.717) is 17.8 Å². The smallest absolute Gasteiger partial charge is 0.126 e. The summed E-state index contributed by atoms with van der Waals surface area (Å²) in [7, 11) is 2.03. The number of piperidine rings is 1. The molecule has 136 valence electrons. The minimum absolute atomic E-state index is 0.336. The normalized spacial score (nSPS) is 19.2. The van der Waals surface area contributed by atoms with E-state index in [4.69, 9.17) is 0 Å². The molecule has 2 unspecified atom stereocenters. The summed E-state index contributed by atoms with van der Waals surface area (Å²) in [5.41, 5.74) is 2.36. The summed E-state index contributed by atoms with van der Waals surface area (Å²) in [5.74, 6) is 1.56. The fourth-order valence-corrected chi connectivity index (χ4v) is 3.75. The molecule has 1 aromatic heterocycles. The average molecular weight is 342 g/mol. The van der Waals surface area contributed by atoms with E-state index in [1.54, 1.807) is 12.1 Å². The lowest BCUT2D eigenvalue weighted by atomic mass is 10.0. The zero-order valence-electron chi connectivity index (χ0n) is 15.6. The largest absolute Gasteiger partial charge is 0.508 e. The first-order chi connectivity index (χ1) is 12.0. The molecule has 0 spiro atoms. The molecule has 2 N–H and O–H groups in total. The lowest BCUT2D eigenvalue weighted by Crippen LogP contribution is -2.49. The molecular formula is C20H30N4O. The van der Waals surface area contributed by atoms with Gasteiger partial charge in [-0.15, -0.1) is 0 Å². The summed E-state index contributed by atoms with van der Waals surface area (Å²) in [6, 6.07) is 10.7. The third kappa shape index (κ3) is 4.75. The summed E-state index contributed by atoms with van der Waals surface area (Å²) in [5, 5.41) is 17.7. The van der Waals surface area contributed by atoms with Gasteiger partial charge in [-0.05, 0) is 57.2 Å². The van der Waals surface area contributed by atoms with Gasteiger partial charge in [0, 0.05) is 38.3 Å². The van der Waals surface area contributed by atoms with Crippen molar-refractivity contribution in [1.29, 1.82) is 0 Å². The highest BCUT2D eigenvalue weighted by Crippen LogP contribution is 2.21. The Morgan fingerprint density at radius 3 is 2.76 bits per heavy atom. The molecule has 0 aliphatic carbocycles. The summed E-state index contributed by atoms with van der Waals surface area (Å²) >= 11 is 0. The highest BCUT2D eigenvalue weighted by Gasteiger charge is 2.23. The van der Waals surface area contributed by atoms with E-state index in [0.717, 1.165) is 31.6 Å². The molecule has 1 aromatic carbocycles. The lowest BCUT2D eigenvalue weighted by molar-refractivity contribution is 0.371. The van der Waals surface area contributed by atoms with Gasteiger partial charge in [0.25, 0.3) is 0 Å². The van der Waals surface area contributed by atoms with E-state index in [9.17, 15) is 5.11 Å². The van der Waals surface area contributed by atoms with Crippen molar-refractivity contribution in [3.05, 3.63) is 41.6 Å². The maximum absolute atomic E-state index is 9.37. The fourth-order valence-electron chi connectivity index (χ4n) is 3.75. The molecule has 1 fully saturated rings. The predicted molar refractivity (Wildman–Crippen MR) is 102 cm³/mol. The third-order valence-corrected chi connectivity index (χ3v) is 5.05. The Hall–Kier alpha value is -2.01. The monoisotopic (exact) mass is 342 g/mol. The third-order valence-electron chi connectivity index (χ3n) is 5.05. The Labute approximate surface area is 150 Å². The van der Waals surface area contributed by atoms with Crippen LogP contribution >= 0.6 is 0 Å². The first-order valence-electron chi connectivity index (χ1n) is 9.31. The molecule has 25 heavy (non-hydrogen) atoms. The van der Waals surface area contributed by atoms with E-state index in [-0.39, 0.29) is 0 Å². The van der Waals surface area contributed by atoms with E-state index in [2.05, 4.69) is 35.2 Å². The zero-order valence-corrected chi connectivity index (χ0v) is 15.6. The lowest BCUT2D eigenvalue weighted by Gasteiger charge is -2.36. The number of anilines is 1. The number of nitrogens with one attached hydrogen (secondary N) is 1. The molecule has 2 atom stereocenters. The van der Waals surface area contributed by atoms with Crippen molar-refractivity contribution in [2.75, 3.05) is 18.0 Å². The highest BCUT2D eigenvalue weighted by molar-refractivity contribution is 5.41. The molecule has 0 saturated carbocycles. The first-order valence-corrected chi connectivity index (χ1v) is 9.31. The van der Waals surface area contributed by atoms with Crippen molar-refractivity contribution in [2.24, 2.45) is 7.05 Å². The number of aryl methyl sites for hydroxylation is 3. The van der Waals surface area contributed by atoms with Crippen molar-refractivity contribution in [2.45, 2.75) is 51.6 Å². The molecule has 1 aliphatic heterocycles. The van der Waals surface area contributed by atoms with Gasteiger partial charge in [0.05, 0.1) is 5.69 Å². The number of nitrogens with zero attached hydrogens (tertiary/aromatic N) is 3. The zero-order chi connectivity index (χ0) is 17.8. The molecular weight excluding hydrogens is 312 g/mol. The molecule has 5 heteroatoms. The maximum Gasteiger partial charge on any atom is 0.126 e. The second kappa shape index (κ2) is 7.91. The average Bonchev–Trinajstić information content (AvgIpc) is 2.93. The van der Waals surface area contributed by atoms with Gasteiger partial charge < -0.3 is 15.3 Å². The van der Waals surface area contributed by atoms with Gasteiger partial charge in [-0.1, -0.05) is 12.1 Å². The minimum Gasteiger partial charge on any atom is -0.508 e. The van der Waals surface area contributed by atoms with E-state index < -0.39 is 0 Å². The summed E-state index contributed by atoms with van der Waals surface area (Å²) in [4.78, 5) is 2.45. The number of aromatic nitrogens is 2. The van der Waals surface area contributed by atoms with Gasteiger partial charge in [-0.3, -0.25) is 4.68 Å². The summed E-state index contributed by atoms with van der Waals surface area (Å²) in [6.07, 6.45) is 4.58. The van der Waals surface area contributed by atoms with Crippen LogP contribution in [0, 0.1) is 6.92 Å². The molecule has 5 nitrogen and oxygen atoms in total. The Kier molecular flexibility index (Phi) is 5.63. The molecule has 1 aliphatic rings. The van der Waals surface area contributed by atoms with Crippen LogP contribution in [0.2, 0.25) is 0 Å². The molecule has 0 radical (unpaired) electrons. The second-order valence-corrected chi connectivity index (χ2v) is 7.33. The van der Waals surface area contributed by atoms with Crippen LogP contribution in [-0.4, -0.2) is 40.1 Å². The van der Waals surface area contributed by atoms with Crippen molar-refractivity contribution >= 4 is 5.82 Å². The van der Waals surface area contributed by atoms with E-state index >= 15 is 0 Å².